The second-order valence-corrected chi connectivity index (χ2v) is 17.9. The molecule has 0 bridgehead atoms. The van der Waals surface area contributed by atoms with Crippen LogP contribution >= 0.6 is 0 Å². The van der Waals surface area contributed by atoms with Gasteiger partial charge in [-0.2, -0.15) is 0 Å². The quantitative estimate of drug-likeness (QED) is 0.0423. The Labute approximate surface area is 369 Å². The molecule has 0 aromatic carbocycles. The van der Waals surface area contributed by atoms with Crippen LogP contribution in [0, 0.1) is 0 Å². The van der Waals surface area contributed by atoms with Crippen LogP contribution in [0.3, 0.4) is 0 Å². The summed E-state index contributed by atoms with van der Waals surface area (Å²) in [6.45, 7) is 4.26. The van der Waals surface area contributed by atoms with Gasteiger partial charge in [0, 0.05) is 6.42 Å². The van der Waals surface area contributed by atoms with Gasteiger partial charge in [0.1, 0.15) is 0 Å². The lowest BCUT2D eigenvalue weighted by molar-refractivity contribution is -0.123. The predicted molar refractivity (Wildman–Crippen MR) is 262 cm³/mol. The Kier molecular flexibility index (Phi) is 49.3. The summed E-state index contributed by atoms with van der Waals surface area (Å²) in [6, 6.07) is -0.644. The minimum Gasteiger partial charge on any atom is -0.394 e. The largest absolute Gasteiger partial charge is 0.394 e. The van der Waals surface area contributed by atoms with Crippen LogP contribution in [0.2, 0.25) is 0 Å². The molecule has 4 heteroatoms. The van der Waals surface area contributed by atoms with Crippen LogP contribution in [0.5, 0.6) is 0 Å². The molecule has 4 nitrogen and oxygen atoms in total. The second kappa shape index (κ2) is 50.7. The van der Waals surface area contributed by atoms with Crippen molar-refractivity contribution in [3.05, 3.63) is 48.6 Å². The summed E-state index contributed by atoms with van der Waals surface area (Å²) in [5.41, 5.74) is 0. The van der Waals surface area contributed by atoms with Crippen molar-refractivity contribution < 1.29 is 15.0 Å². The molecule has 59 heavy (non-hydrogen) atoms. The first-order valence-corrected chi connectivity index (χ1v) is 26.4. The van der Waals surface area contributed by atoms with E-state index in [0.717, 1.165) is 38.5 Å². The molecule has 0 rings (SSSR count). The molecular formula is C55H103NO3. The summed E-state index contributed by atoms with van der Waals surface area (Å²) in [4.78, 5) is 12.4. The van der Waals surface area contributed by atoms with Crippen molar-refractivity contribution in [3.63, 3.8) is 0 Å². The zero-order valence-corrected chi connectivity index (χ0v) is 39.8. The van der Waals surface area contributed by atoms with E-state index in [1.54, 1.807) is 6.08 Å². The number of hydrogen-bond acceptors (Lipinski definition) is 3. The Morgan fingerprint density at radius 3 is 1.03 bits per heavy atom. The van der Waals surface area contributed by atoms with Gasteiger partial charge in [0.15, 0.2) is 0 Å². The third kappa shape index (κ3) is 47.3. The minimum atomic E-state index is -0.868. The van der Waals surface area contributed by atoms with Gasteiger partial charge in [-0.1, -0.05) is 255 Å². The first-order valence-electron chi connectivity index (χ1n) is 26.4. The fourth-order valence-corrected chi connectivity index (χ4v) is 7.96. The summed E-state index contributed by atoms with van der Waals surface area (Å²) in [5.74, 6) is -0.0770. The topological polar surface area (TPSA) is 69.6 Å². The number of unbranched alkanes of at least 4 members (excludes halogenated alkanes) is 35. The highest BCUT2D eigenvalue weighted by atomic mass is 16.3. The Balaban J connectivity index is 3.42. The third-order valence-electron chi connectivity index (χ3n) is 12.0. The lowest BCUT2D eigenvalue weighted by Gasteiger charge is -2.19. The van der Waals surface area contributed by atoms with Crippen LogP contribution in [-0.2, 0) is 4.79 Å². The zero-order chi connectivity index (χ0) is 42.8. The summed E-state index contributed by atoms with van der Waals surface area (Å²) >= 11 is 0. The average molecular weight is 826 g/mol. The molecule has 0 saturated carbocycles. The van der Waals surface area contributed by atoms with Crippen molar-refractivity contribution >= 4 is 5.91 Å². The van der Waals surface area contributed by atoms with Crippen LogP contribution in [0.1, 0.15) is 277 Å². The molecule has 0 heterocycles. The van der Waals surface area contributed by atoms with E-state index in [1.807, 2.05) is 6.08 Å². The molecule has 0 aliphatic heterocycles. The Morgan fingerprint density at radius 2 is 0.678 bits per heavy atom. The lowest BCUT2D eigenvalue weighted by Crippen LogP contribution is -2.45. The van der Waals surface area contributed by atoms with Gasteiger partial charge in [-0.3, -0.25) is 4.79 Å². The molecule has 0 saturated heterocycles. The van der Waals surface area contributed by atoms with Crippen molar-refractivity contribution in [2.24, 2.45) is 0 Å². The molecule has 0 aromatic rings. The van der Waals surface area contributed by atoms with E-state index >= 15 is 0 Å². The van der Waals surface area contributed by atoms with Gasteiger partial charge in [0.05, 0.1) is 18.8 Å². The molecular weight excluding hydrogens is 723 g/mol. The van der Waals surface area contributed by atoms with Gasteiger partial charge in [0.2, 0.25) is 5.91 Å². The van der Waals surface area contributed by atoms with Crippen LogP contribution in [-0.4, -0.2) is 34.9 Å². The third-order valence-corrected chi connectivity index (χ3v) is 12.0. The maximum absolute atomic E-state index is 12.4. The summed E-state index contributed by atoms with van der Waals surface area (Å²) in [7, 11) is 0. The molecule has 0 radical (unpaired) electrons. The van der Waals surface area contributed by atoms with Gasteiger partial charge in [-0.25, -0.2) is 0 Å². The van der Waals surface area contributed by atoms with Crippen LogP contribution < -0.4 is 5.32 Å². The summed E-state index contributed by atoms with van der Waals surface area (Å²) in [6.07, 6.45) is 69.9. The van der Waals surface area contributed by atoms with E-state index in [-0.39, 0.29) is 12.5 Å². The monoisotopic (exact) mass is 826 g/mol. The smallest absolute Gasteiger partial charge is 0.220 e. The fourth-order valence-electron chi connectivity index (χ4n) is 7.96. The maximum atomic E-state index is 12.4. The average Bonchev–Trinajstić information content (AvgIpc) is 3.24. The Morgan fingerprint density at radius 1 is 0.390 bits per heavy atom. The molecule has 0 aliphatic carbocycles. The number of nitrogens with one attached hydrogen (secondary N) is 1. The van der Waals surface area contributed by atoms with E-state index in [2.05, 4.69) is 55.6 Å². The van der Waals surface area contributed by atoms with Crippen molar-refractivity contribution in [2.75, 3.05) is 6.61 Å². The van der Waals surface area contributed by atoms with E-state index < -0.39 is 12.1 Å². The van der Waals surface area contributed by atoms with E-state index in [1.165, 1.54) is 218 Å². The number of rotatable bonds is 48. The van der Waals surface area contributed by atoms with Gasteiger partial charge in [-0.05, 0) is 64.2 Å². The summed E-state index contributed by atoms with van der Waals surface area (Å²) in [5, 5.41) is 23.0. The molecule has 0 fully saturated rings. The first kappa shape index (κ1) is 57.3. The zero-order valence-electron chi connectivity index (χ0n) is 39.8. The molecule has 0 aliphatic rings. The second-order valence-electron chi connectivity index (χ2n) is 17.9. The maximum Gasteiger partial charge on any atom is 0.220 e. The number of aliphatic hydroxyl groups is 2. The van der Waals surface area contributed by atoms with Gasteiger partial charge in [0.25, 0.3) is 0 Å². The minimum absolute atomic E-state index is 0.0770. The van der Waals surface area contributed by atoms with Crippen molar-refractivity contribution in [3.8, 4) is 0 Å². The molecule has 0 spiro atoms. The molecule has 2 atom stereocenters. The number of aliphatic hydroxyl groups excluding tert-OH is 2. The fraction of sp³-hybridized carbons (Fsp3) is 0.836. The van der Waals surface area contributed by atoms with E-state index in [0.29, 0.717) is 6.42 Å². The van der Waals surface area contributed by atoms with Crippen LogP contribution in [0.25, 0.3) is 0 Å². The molecule has 0 aromatic heterocycles. The Bertz CT molecular complexity index is 939. The van der Waals surface area contributed by atoms with Crippen molar-refractivity contribution in [2.45, 2.75) is 289 Å². The Hall–Kier alpha value is -1.65. The van der Waals surface area contributed by atoms with Crippen molar-refractivity contribution in [1.82, 2.24) is 5.32 Å². The predicted octanol–water partition coefficient (Wildman–Crippen LogP) is 17.1. The lowest BCUT2D eigenvalue weighted by atomic mass is 10.0. The van der Waals surface area contributed by atoms with Gasteiger partial charge in [-0.15, -0.1) is 0 Å². The normalized spacial score (nSPS) is 13.2. The van der Waals surface area contributed by atoms with Crippen LogP contribution in [0.4, 0.5) is 0 Å². The molecule has 346 valence electrons. The highest BCUT2D eigenvalue weighted by Crippen LogP contribution is 2.16. The van der Waals surface area contributed by atoms with E-state index in [9.17, 15) is 15.0 Å². The van der Waals surface area contributed by atoms with Gasteiger partial charge >= 0.3 is 0 Å². The first-order chi connectivity index (χ1) is 29.2. The highest BCUT2D eigenvalue weighted by Gasteiger charge is 2.17. The highest BCUT2D eigenvalue weighted by molar-refractivity contribution is 5.76. The molecule has 2 unspecified atom stereocenters. The molecule has 3 N–H and O–H groups in total. The molecule has 1 amide bonds. The van der Waals surface area contributed by atoms with E-state index in [4.69, 9.17) is 0 Å². The standard InChI is InChI=1S/C55H103NO3/c1-3-5-7-9-11-13-15-17-18-19-20-21-22-23-24-25-26-27-28-29-30-31-32-33-34-35-36-37-38-39-41-43-45-47-49-51-55(59)56-53(52-57)54(58)50-48-46-44-42-40-16-14-12-10-8-6-4-2/h10,12,25-26,40,42,48,50,53-54,57-58H,3-9,11,13-24,27-39,41,43-47,49,51-52H2,1-2H3,(H,56,59)/b12-10+,26-25-,42-40+,50-48+. The van der Waals surface area contributed by atoms with Crippen molar-refractivity contribution in [1.29, 1.82) is 0 Å². The van der Waals surface area contributed by atoms with Crippen LogP contribution in [0.15, 0.2) is 48.6 Å². The number of carbonyl (C=O) groups excluding carboxylic acids is 1. The number of hydrogen-bond donors (Lipinski definition) is 3. The number of amides is 1. The summed E-state index contributed by atoms with van der Waals surface area (Å²) < 4.78 is 0. The SMILES string of the molecule is CCCC/C=C/CC/C=C/CC/C=C/C(O)C(CO)NC(=O)CCCCCCCCCCCCCCCCCCC/C=C\CCCCCCCCCCCCCCCC. The number of carbonyl (C=O) groups is 1. The van der Waals surface area contributed by atoms with Gasteiger partial charge < -0.3 is 15.5 Å². The number of allylic oxidation sites excluding steroid dienone is 7.